The molecule has 2 aromatic carbocycles. The number of rotatable bonds is 9. The number of aryl methyl sites for hydroxylation is 1. The van der Waals surface area contributed by atoms with Crippen LogP contribution in [0.2, 0.25) is 5.02 Å². The van der Waals surface area contributed by atoms with E-state index in [4.69, 9.17) is 27.1 Å². The zero-order chi connectivity index (χ0) is 23.4. The Kier molecular flexibility index (Phi) is 7.20. The monoisotopic (exact) mass is 465 g/mol. The molecule has 0 fully saturated rings. The molecule has 2 N–H and O–H groups in total. The van der Waals surface area contributed by atoms with Crippen LogP contribution in [0.15, 0.2) is 47.5 Å². The molecule has 0 bridgehead atoms. The van der Waals surface area contributed by atoms with Crippen molar-refractivity contribution in [2.45, 2.75) is 45.6 Å². The van der Waals surface area contributed by atoms with Gasteiger partial charge in [-0.25, -0.2) is 0 Å². The number of ketones is 1. The molecule has 1 aromatic heterocycles. The van der Waals surface area contributed by atoms with Crippen LogP contribution in [0, 0.1) is 6.92 Å². The Morgan fingerprint density at radius 1 is 1.18 bits per heavy atom. The first-order valence-electron chi connectivity index (χ1n) is 11.3. The highest BCUT2D eigenvalue weighted by Crippen LogP contribution is 2.34. The minimum absolute atomic E-state index is 0.158. The maximum atomic E-state index is 12.6. The predicted molar refractivity (Wildman–Crippen MR) is 130 cm³/mol. The van der Waals surface area contributed by atoms with Gasteiger partial charge in [-0.1, -0.05) is 30.7 Å². The van der Waals surface area contributed by atoms with E-state index in [0.29, 0.717) is 30.4 Å². The van der Waals surface area contributed by atoms with Gasteiger partial charge in [-0.2, -0.15) is 0 Å². The molecule has 1 atom stereocenters. The second-order valence-electron chi connectivity index (χ2n) is 8.10. The van der Waals surface area contributed by atoms with Crippen molar-refractivity contribution in [3.8, 4) is 11.4 Å². The second-order valence-corrected chi connectivity index (χ2v) is 8.54. The maximum Gasteiger partial charge on any atom is 0.162 e. The van der Waals surface area contributed by atoms with Gasteiger partial charge < -0.3 is 10.5 Å². The van der Waals surface area contributed by atoms with Crippen LogP contribution in [0.4, 0.5) is 0 Å². The summed E-state index contributed by atoms with van der Waals surface area (Å²) in [6, 6.07) is 13.0. The molecule has 0 radical (unpaired) electrons. The van der Waals surface area contributed by atoms with Gasteiger partial charge in [0.25, 0.3) is 0 Å². The van der Waals surface area contributed by atoms with Crippen LogP contribution in [-0.4, -0.2) is 39.4 Å². The third-order valence-corrected chi connectivity index (χ3v) is 5.83. The number of halogens is 1. The molecule has 1 aliphatic rings. The van der Waals surface area contributed by atoms with Crippen LogP contribution in [0.3, 0.4) is 0 Å². The minimum Gasteiger partial charge on any atom is -0.494 e. The molecule has 8 heteroatoms. The van der Waals surface area contributed by atoms with Crippen LogP contribution in [0.25, 0.3) is 5.69 Å². The number of aliphatic imine (C=N–C) groups is 1. The summed E-state index contributed by atoms with van der Waals surface area (Å²) in [6.45, 7) is 5.01. The molecule has 0 aliphatic carbocycles. The van der Waals surface area contributed by atoms with Gasteiger partial charge in [-0.15, -0.1) is 10.2 Å². The van der Waals surface area contributed by atoms with E-state index in [2.05, 4.69) is 10.2 Å². The molecule has 7 nitrogen and oxygen atoms in total. The van der Waals surface area contributed by atoms with Crippen molar-refractivity contribution >= 4 is 23.1 Å². The number of nitrogens with zero attached hydrogens (tertiary/aromatic N) is 4. The van der Waals surface area contributed by atoms with E-state index in [1.165, 1.54) is 0 Å². The lowest BCUT2D eigenvalue weighted by atomic mass is 9.99. The number of hydrogen-bond acceptors (Lipinski definition) is 6. The fourth-order valence-corrected chi connectivity index (χ4v) is 4.14. The molecule has 1 aliphatic heterocycles. The number of fused-ring (bicyclic) bond motifs is 3. The van der Waals surface area contributed by atoms with E-state index in [1.54, 1.807) is 0 Å². The Balaban J connectivity index is 1.88. The van der Waals surface area contributed by atoms with Gasteiger partial charge in [0.15, 0.2) is 5.82 Å². The SMILES string of the molecule is CCCC(=O)C[C@@H]1N=C(c2ccc(Cl)cc2)c2cc(OCCCN)ccc2-n2c(C)nnc21. The summed E-state index contributed by atoms with van der Waals surface area (Å²) in [4.78, 5) is 17.7. The van der Waals surface area contributed by atoms with E-state index in [0.717, 1.165) is 46.9 Å². The summed E-state index contributed by atoms with van der Waals surface area (Å²) in [5.74, 6) is 2.30. The smallest absolute Gasteiger partial charge is 0.162 e. The number of carbonyl (C=O) groups is 1. The van der Waals surface area contributed by atoms with Crippen molar-refractivity contribution < 1.29 is 9.53 Å². The summed E-state index contributed by atoms with van der Waals surface area (Å²) in [5.41, 5.74) is 9.08. The fraction of sp³-hybridized carbons (Fsp3) is 0.360. The highest BCUT2D eigenvalue weighted by molar-refractivity contribution is 6.30. The van der Waals surface area contributed by atoms with E-state index in [1.807, 2.05) is 60.9 Å². The number of nitrogens with two attached hydrogens (primary N) is 1. The third kappa shape index (κ3) is 4.99. The molecule has 0 saturated heterocycles. The zero-order valence-corrected chi connectivity index (χ0v) is 19.7. The molecule has 0 saturated carbocycles. The Labute approximate surface area is 198 Å². The first-order chi connectivity index (χ1) is 16.0. The lowest BCUT2D eigenvalue weighted by molar-refractivity contribution is -0.119. The minimum atomic E-state index is -0.440. The Morgan fingerprint density at radius 2 is 1.97 bits per heavy atom. The van der Waals surface area contributed by atoms with Gasteiger partial charge in [-0.05, 0) is 56.6 Å². The standard InChI is InChI=1S/C25H28ClN5O2/c1-3-5-19(32)14-22-25-30-29-16(2)31(25)23-11-10-20(33-13-4-12-27)15-21(23)24(28-22)17-6-8-18(26)9-7-17/h6-11,15,22H,3-5,12-14,27H2,1-2H3/t22-/m0/s1. The van der Waals surface area contributed by atoms with Crippen molar-refractivity contribution in [3.63, 3.8) is 0 Å². The predicted octanol–water partition coefficient (Wildman–Crippen LogP) is 4.61. The highest BCUT2D eigenvalue weighted by Gasteiger charge is 2.29. The second kappa shape index (κ2) is 10.3. The van der Waals surface area contributed by atoms with E-state index in [-0.39, 0.29) is 12.2 Å². The molecule has 4 rings (SSSR count). The van der Waals surface area contributed by atoms with Gasteiger partial charge in [0.2, 0.25) is 0 Å². The average molecular weight is 466 g/mol. The normalized spacial score (nSPS) is 14.8. The van der Waals surface area contributed by atoms with Crippen molar-refractivity contribution in [1.29, 1.82) is 0 Å². The topological polar surface area (TPSA) is 95.4 Å². The van der Waals surface area contributed by atoms with E-state index >= 15 is 0 Å². The van der Waals surface area contributed by atoms with Gasteiger partial charge in [-0.3, -0.25) is 14.4 Å². The van der Waals surface area contributed by atoms with Gasteiger partial charge in [0.05, 0.1) is 18.0 Å². The molecule has 2 heterocycles. The van der Waals surface area contributed by atoms with Crippen molar-refractivity contribution in [2.75, 3.05) is 13.2 Å². The van der Waals surface area contributed by atoms with Gasteiger partial charge in [0.1, 0.15) is 23.4 Å². The van der Waals surface area contributed by atoms with Crippen LogP contribution in [0.1, 0.15) is 61.4 Å². The Bertz CT molecular complexity index is 1170. The zero-order valence-electron chi connectivity index (χ0n) is 18.9. The lowest BCUT2D eigenvalue weighted by Gasteiger charge is -2.15. The number of benzene rings is 2. The van der Waals surface area contributed by atoms with E-state index < -0.39 is 6.04 Å². The number of hydrogen-bond donors (Lipinski definition) is 1. The molecular formula is C25H28ClN5O2. The summed E-state index contributed by atoms with van der Waals surface area (Å²) in [7, 11) is 0. The van der Waals surface area contributed by atoms with Gasteiger partial charge in [0, 0.05) is 29.0 Å². The Hall–Kier alpha value is -3.03. The summed E-state index contributed by atoms with van der Waals surface area (Å²) in [5, 5.41) is 9.38. The number of ether oxygens (including phenoxy) is 1. The molecule has 3 aromatic rings. The summed E-state index contributed by atoms with van der Waals surface area (Å²) in [6.07, 6.45) is 2.36. The summed E-state index contributed by atoms with van der Waals surface area (Å²) >= 11 is 6.15. The number of Topliss-reactive ketones (excluding diaryl/α,β-unsaturated/α-hetero) is 1. The fourth-order valence-electron chi connectivity index (χ4n) is 4.01. The number of carbonyl (C=O) groups excluding carboxylic acids is 1. The van der Waals surface area contributed by atoms with Gasteiger partial charge >= 0.3 is 0 Å². The average Bonchev–Trinajstić information content (AvgIpc) is 3.12. The molecule has 172 valence electrons. The molecule has 0 amide bonds. The molecule has 33 heavy (non-hydrogen) atoms. The first-order valence-corrected chi connectivity index (χ1v) is 11.6. The van der Waals surface area contributed by atoms with Crippen molar-refractivity contribution in [2.24, 2.45) is 10.7 Å². The van der Waals surface area contributed by atoms with Crippen molar-refractivity contribution in [3.05, 3.63) is 70.3 Å². The first kappa shape index (κ1) is 23.1. The van der Waals surface area contributed by atoms with Crippen molar-refractivity contribution in [1.82, 2.24) is 14.8 Å². The molecule has 0 unspecified atom stereocenters. The lowest BCUT2D eigenvalue weighted by Crippen LogP contribution is -2.11. The molecular weight excluding hydrogens is 438 g/mol. The van der Waals surface area contributed by atoms with Crippen LogP contribution >= 0.6 is 11.6 Å². The maximum absolute atomic E-state index is 12.6. The number of aromatic nitrogens is 3. The van der Waals surface area contributed by atoms with Crippen LogP contribution in [0.5, 0.6) is 5.75 Å². The quantitative estimate of drug-likeness (QED) is 0.465. The largest absolute Gasteiger partial charge is 0.494 e. The van der Waals surface area contributed by atoms with E-state index in [9.17, 15) is 4.79 Å². The van der Waals surface area contributed by atoms with Crippen LogP contribution in [-0.2, 0) is 4.79 Å². The Morgan fingerprint density at radius 3 is 2.70 bits per heavy atom. The third-order valence-electron chi connectivity index (χ3n) is 5.58. The highest BCUT2D eigenvalue weighted by atomic mass is 35.5. The van der Waals surface area contributed by atoms with Crippen LogP contribution < -0.4 is 10.5 Å². The summed E-state index contributed by atoms with van der Waals surface area (Å²) < 4.78 is 7.92. The molecule has 0 spiro atoms.